The Labute approximate surface area is 318 Å². The molecule has 3 aromatic rings. The maximum Gasteiger partial charge on any atom is 0.325 e. The van der Waals surface area contributed by atoms with Crippen LogP contribution in [0.15, 0.2) is 32.0 Å². The number of anilines is 2. The predicted molar refractivity (Wildman–Crippen MR) is 205 cm³/mol. The number of esters is 1. The first-order valence-corrected chi connectivity index (χ1v) is 21.6. The van der Waals surface area contributed by atoms with Crippen molar-refractivity contribution < 1.29 is 33.3 Å². The maximum atomic E-state index is 14.3. The molecule has 2 unspecified atom stereocenters. The number of carboxylic acids is 1. The van der Waals surface area contributed by atoms with Gasteiger partial charge in [0.15, 0.2) is 12.5 Å². The van der Waals surface area contributed by atoms with Crippen molar-refractivity contribution in [3.8, 4) is 0 Å². The molecule has 0 spiro atoms. The highest BCUT2D eigenvalue weighted by Gasteiger charge is 2.18. The molecule has 2 atom stereocenters. The fourth-order valence-corrected chi connectivity index (χ4v) is 7.11. The largest absolute Gasteiger partial charge is 0.480 e. The first-order valence-electron chi connectivity index (χ1n) is 15.9. The Morgan fingerprint density at radius 3 is 2.40 bits per heavy atom. The van der Waals surface area contributed by atoms with Gasteiger partial charge in [0.1, 0.15) is 17.5 Å². The van der Waals surface area contributed by atoms with Crippen molar-refractivity contribution in [3.63, 3.8) is 0 Å². The Kier molecular flexibility index (Phi) is 18.3. The first-order chi connectivity index (χ1) is 24.3. The predicted octanol–water partition coefficient (Wildman–Crippen LogP) is 4.72. The van der Waals surface area contributed by atoms with Crippen LogP contribution in [-0.2, 0) is 32.0 Å². The standard InChI is InChI=1S/C15H15ClFN3O3S2.C10H19N5S.C5H12NO4P/c1-23-13(21)8-24-12-7-11(10(17)6-9(12)16)18-14-19-4-2-3-5-20(19)15(22)25-14;1-6-11-7-12-8(15-10(2,3)4)14-9(13-7)16-5;1-11(9,10)3-2-4(6)5(7)8/h6-7H,2-5,8H2,1H3;6H2,1-5H3,(H2,11,12,13,14,15);4H,2-3,6H2,1H3,(H,7,8)(H,9,10)/b18-14-;;. The van der Waals surface area contributed by atoms with Crippen LogP contribution in [-0.4, -0.2) is 96.3 Å². The highest BCUT2D eigenvalue weighted by atomic mass is 35.5. The van der Waals surface area contributed by atoms with Crippen LogP contribution < -0.4 is 26.0 Å². The van der Waals surface area contributed by atoms with Crippen molar-refractivity contribution in [1.29, 1.82) is 0 Å². The van der Waals surface area contributed by atoms with E-state index in [-0.39, 0.29) is 39.5 Å². The number of hydrogen-bond acceptors (Lipinski definition) is 15. The quantitative estimate of drug-likeness (QED) is 0.0946. The minimum Gasteiger partial charge on any atom is -0.480 e. The van der Waals surface area contributed by atoms with Gasteiger partial charge in [-0.2, -0.15) is 15.0 Å². The number of hydrogen-bond donors (Lipinski definition) is 5. The lowest BCUT2D eigenvalue weighted by Crippen LogP contribution is -2.31. The van der Waals surface area contributed by atoms with Gasteiger partial charge in [-0.25, -0.2) is 14.1 Å². The Balaban J connectivity index is 0.000000298. The summed E-state index contributed by atoms with van der Waals surface area (Å²) in [5.74, 6) is -0.831. The normalized spacial score (nSPS) is 14.4. The molecule has 3 heterocycles. The molecule has 290 valence electrons. The monoisotopic (exact) mass is 825 g/mol. The second-order valence-corrected chi connectivity index (χ2v) is 17.9. The second-order valence-electron chi connectivity index (χ2n) is 12.2. The molecule has 0 bridgehead atoms. The zero-order valence-corrected chi connectivity index (χ0v) is 34.1. The number of carboxylic acid groups (broad SMARTS) is 1. The van der Waals surface area contributed by atoms with Crippen molar-refractivity contribution in [2.24, 2.45) is 10.7 Å². The van der Waals surface area contributed by atoms with Crippen LogP contribution in [0.4, 0.5) is 22.0 Å². The number of ether oxygens (including phenoxy) is 1. The molecule has 0 saturated carbocycles. The van der Waals surface area contributed by atoms with Gasteiger partial charge in [0, 0.05) is 42.9 Å². The SMILES string of the molecule is CCNc1nc(NC(C)(C)C)nc(SC)n1.COC(=O)CSc1cc(/N=c2\sc(=O)n3n2CCCC3)c(F)cc1Cl.CP(=O)(O)CCC(N)C(=O)O. The Morgan fingerprint density at radius 1 is 1.21 bits per heavy atom. The first kappa shape index (κ1) is 45.2. The highest BCUT2D eigenvalue weighted by Crippen LogP contribution is 2.36. The Bertz CT molecular complexity index is 1850. The molecular weight excluding hydrogens is 780 g/mol. The third-order valence-corrected chi connectivity index (χ3v) is 10.4. The molecule has 52 heavy (non-hydrogen) atoms. The fraction of sp³-hybridized carbons (Fsp3) is 0.567. The number of carbonyl (C=O) groups is 2. The summed E-state index contributed by atoms with van der Waals surface area (Å²) in [4.78, 5) is 60.2. The van der Waals surface area contributed by atoms with E-state index in [1.165, 1.54) is 31.6 Å². The lowest BCUT2D eigenvalue weighted by atomic mass is 10.1. The van der Waals surface area contributed by atoms with Crippen molar-refractivity contribution in [2.75, 3.05) is 49.1 Å². The van der Waals surface area contributed by atoms with Gasteiger partial charge in [-0.05, 0) is 76.7 Å². The Morgan fingerprint density at radius 2 is 1.85 bits per heavy atom. The third kappa shape index (κ3) is 15.9. The van der Waals surface area contributed by atoms with E-state index >= 15 is 0 Å². The zero-order valence-electron chi connectivity index (χ0n) is 30.0. The molecule has 6 N–H and O–H groups in total. The van der Waals surface area contributed by atoms with E-state index in [1.54, 1.807) is 9.36 Å². The molecule has 1 aliphatic rings. The van der Waals surface area contributed by atoms with Gasteiger partial charge in [-0.1, -0.05) is 23.4 Å². The van der Waals surface area contributed by atoms with Gasteiger partial charge < -0.3 is 31.1 Å². The van der Waals surface area contributed by atoms with E-state index in [0.717, 1.165) is 53.7 Å². The van der Waals surface area contributed by atoms with Gasteiger partial charge in [-0.3, -0.25) is 23.6 Å². The number of thioether (sulfide) groups is 2. The van der Waals surface area contributed by atoms with Crippen molar-refractivity contribution in [3.05, 3.63) is 37.4 Å². The summed E-state index contributed by atoms with van der Waals surface area (Å²) in [6.07, 6.45) is 3.85. The summed E-state index contributed by atoms with van der Waals surface area (Å²) in [5.41, 5.74) is 5.12. The van der Waals surface area contributed by atoms with E-state index in [1.807, 2.05) is 13.2 Å². The van der Waals surface area contributed by atoms with Crippen molar-refractivity contribution in [2.45, 2.75) is 81.7 Å². The van der Waals surface area contributed by atoms with Crippen LogP contribution in [0.5, 0.6) is 0 Å². The number of nitrogens with one attached hydrogen (secondary N) is 2. The number of halogens is 2. The van der Waals surface area contributed by atoms with Crippen LogP contribution in [0.25, 0.3) is 0 Å². The van der Waals surface area contributed by atoms with Crippen LogP contribution in [0.2, 0.25) is 5.02 Å². The lowest BCUT2D eigenvalue weighted by molar-refractivity contribution is -0.139. The second kappa shape index (κ2) is 21.0. The summed E-state index contributed by atoms with van der Waals surface area (Å²) >= 11 is 9.68. The van der Waals surface area contributed by atoms with Crippen LogP contribution in [0.3, 0.4) is 0 Å². The molecule has 1 aromatic carbocycles. The number of aromatic nitrogens is 5. The number of rotatable bonds is 12. The summed E-state index contributed by atoms with van der Waals surface area (Å²) in [5, 5.41) is 15.5. The molecular formula is C30H46ClFN9O7PS3. The summed E-state index contributed by atoms with van der Waals surface area (Å²) < 4.78 is 32.9. The zero-order chi connectivity index (χ0) is 39.2. The van der Waals surface area contributed by atoms with Gasteiger partial charge >= 0.3 is 16.8 Å². The summed E-state index contributed by atoms with van der Waals surface area (Å²) in [7, 11) is -1.81. The van der Waals surface area contributed by atoms with Crippen LogP contribution >= 0.6 is 53.8 Å². The van der Waals surface area contributed by atoms with Crippen molar-refractivity contribution >= 4 is 83.4 Å². The van der Waals surface area contributed by atoms with Gasteiger partial charge in [0.25, 0.3) is 0 Å². The summed E-state index contributed by atoms with van der Waals surface area (Å²) in [6.45, 7) is 11.5. The number of fused-ring (bicyclic) bond motifs is 1. The average Bonchev–Trinajstić information content (AvgIpc) is 3.38. The molecule has 1 aliphatic heterocycles. The number of aliphatic carboxylic acids is 1. The van der Waals surface area contributed by atoms with Crippen LogP contribution in [0, 0.1) is 5.82 Å². The maximum absolute atomic E-state index is 14.3. The van der Waals surface area contributed by atoms with E-state index in [4.69, 9.17) is 27.3 Å². The Hall–Kier alpha value is -3.00. The van der Waals surface area contributed by atoms with E-state index in [2.05, 4.69) is 56.1 Å². The minimum atomic E-state index is -3.10. The highest BCUT2D eigenvalue weighted by molar-refractivity contribution is 8.00. The number of carbonyl (C=O) groups excluding carboxylic acids is 1. The molecule has 2 aromatic heterocycles. The van der Waals surface area contributed by atoms with Gasteiger partial charge in [-0.15, -0.1) is 11.8 Å². The number of methoxy groups -OCH3 is 1. The molecule has 22 heteroatoms. The molecule has 0 saturated heterocycles. The molecule has 0 fully saturated rings. The summed E-state index contributed by atoms with van der Waals surface area (Å²) in [6, 6.07) is 1.61. The molecule has 0 radical (unpaired) electrons. The topological polar surface area (TPSA) is 229 Å². The van der Waals surface area contributed by atoms with Crippen LogP contribution in [0.1, 0.15) is 47.0 Å². The average molecular weight is 826 g/mol. The van der Waals surface area contributed by atoms with Crippen molar-refractivity contribution in [1.82, 2.24) is 24.3 Å². The third-order valence-electron chi connectivity index (χ3n) is 6.47. The number of nitrogens with two attached hydrogens (primary N) is 1. The smallest absolute Gasteiger partial charge is 0.325 e. The van der Waals surface area contributed by atoms with Gasteiger partial charge in [0.2, 0.25) is 16.7 Å². The molecule has 0 amide bonds. The fourth-order valence-electron chi connectivity index (χ4n) is 4.01. The number of nitrogens with zero attached hydrogens (tertiary/aromatic N) is 6. The van der Waals surface area contributed by atoms with E-state index in [0.29, 0.717) is 34.7 Å². The van der Waals surface area contributed by atoms with Gasteiger partial charge in [0.05, 0.1) is 17.9 Å². The van der Waals surface area contributed by atoms with E-state index in [9.17, 15) is 23.3 Å². The van der Waals surface area contributed by atoms with E-state index < -0.39 is 31.2 Å². The number of benzene rings is 1. The molecule has 4 rings (SSSR count). The molecule has 16 nitrogen and oxygen atoms in total. The lowest BCUT2D eigenvalue weighted by Gasteiger charge is -2.20. The minimum absolute atomic E-state index is 0.0412. The molecule has 0 aliphatic carbocycles.